The molecule has 1 aliphatic heterocycles. The van der Waals surface area contributed by atoms with Crippen LogP contribution in [-0.2, 0) is 4.79 Å². The first kappa shape index (κ1) is 26.8. The Morgan fingerprint density at radius 3 is 2.21 bits per heavy atom. The number of carbonyl (C=O) groups excluding carboxylic acids is 3. The highest BCUT2D eigenvalue weighted by molar-refractivity contribution is 5.99. The highest BCUT2D eigenvalue weighted by atomic mass is 19.1. The van der Waals surface area contributed by atoms with Crippen LogP contribution in [0, 0.1) is 11.6 Å². The van der Waals surface area contributed by atoms with Gasteiger partial charge in [-0.15, -0.1) is 0 Å². The lowest BCUT2D eigenvalue weighted by molar-refractivity contribution is -0.117. The summed E-state index contributed by atoms with van der Waals surface area (Å²) in [7, 11) is 0. The molecule has 3 aromatic carbocycles. The molecule has 3 amide bonds. The quantitative estimate of drug-likeness (QED) is 0.501. The Balaban J connectivity index is 1.32. The summed E-state index contributed by atoms with van der Waals surface area (Å²) in [5.41, 5.74) is 1.78. The fraction of sp³-hybridized carbons (Fsp3) is 0.276. The van der Waals surface area contributed by atoms with Crippen molar-refractivity contribution in [1.82, 2.24) is 9.80 Å². The molecule has 1 heterocycles. The normalized spacial score (nSPS) is 13.4. The number of anilines is 2. The lowest BCUT2D eigenvalue weighted by Gasteiger charge is -2.36. The van der Waals surface area contributed by atoms with Gasteiger partial charge in [0.15, 0.2) is 0 Å². The molecular formula is C29H30F2N4O3. The predicted molar refractivity (Wildman–Crippen MR) is 142 cm³/mol. The van der Waals surface area contributed by atoms with Gasteiger partial charge < -0.3 is 20.0 Å². The zero-order valence-electron chi connectivity index (χ0n) is 21.4. The summed E-state index contributed by atoms with van der Waals surface area (Å²) in [6.07, 6.45) is 0. The minimum atomic E-state index is -0.627. The average molecular weight is 521 g/mol. The van der Waals surface area contributed by atoms with E-state index >= 15 is 0 Å². The van der Waals surface area contributed by atoms with Crippen molar-refractivity contribution in [3.05, 3.63) is 95.6 Å². The molecule has 0 radical (unpaired) electrons. The van der Waals surface area contributed by atoms with Gasteiger partial charge in [0.05, 0.1) is 5.56 Å². The second-order valence-electron chi connectivity index (χ2n) is 9.39. The Bertz CT molecular complexity index is 1310. The van der Waals surface area contributed by atoms with Crippen LogP contribution in [0.2, 0.25) is 0 Å². The highest BCUT2D eigenvalue weighted by Crippen LogP contribution is 2.21. The molecule has 1 N–H and O–H groups in total. The first-order chi connectivity index (χ1) is 18.2. The van der Waals surface area contributed by atoms with Crippen molar-refractivity contribution in [3.8, 4) is 0 Å². The number of piperazine rings is 1. The van der Waals surface area contributed by atoms with Crippen LogP contribution in [-0.4, -0.2) is 66.3 Å². The second kappa shape index (κ2) is 11.9. The molecule has 1 saturated heterocycles. The summed E-state index contributed by atoms with van der Waals surface area (Å²) in [6.45, 7) is 5.58. The molecule has 0 aliphatic carbocycles. The molecular weight excluding hydrogens is 490 g/mol. The summed E-state index contributed by atoms with van der Waals surface area (Å²) < 4.78 is 27.6. The standard InChI is InChI=1S/C29H30F2N4O3/c1-20(2)35(29(38)25-8-3-4-9-26(25)31)19-27(36)32-23-10-12-24(13-11-23)33-14-16-34(17-15-33)28(37)21-6-5-7-22(30)18-21/h3-13,18,20H,14-17,19H2,1-2H3,(H,32,36). The fourth-order valence-corrected chi connectivity index (χ4v) is 4.36. The van der Waals surface area contributed by atoms with Gasteiger partial charge in [-0.3, -0.25) is 14.4 Å². The molecule has 0 aromatic heterocycles. The molecule has 7 nitrogen and oxygen atoms in total. The highest BCUT2D eigenvalue weighted by Gasteiger charge is 2.25. The number of nitrogens with zero attached hydrogens (tertiary/aromatic N) is 3. The van der Waals surface area contributed by atoms with Crippen molar-refractivity contribution in [2.45, 2.75) is 19.9 Å². The molecule has 0 spiro atoms. The number of hydrogen-bond acceptors (Lipinski definition) is 4. The number of amides is 3. The Morgan fingerprint density at radius 2 is 1.58 bits per heavy atom. The number of hydrogen-bond donors (Lipinski definition) is 1. The van der Waals surface area contributed by atoms with E-state index in [9.17, 15) is 23.2 Å². The number of carbonyl (C=O) groups is 3. The molecule has 198 valence electrons. The largest absolute Gasteiger partial charge is 0.368 e. The first-order valence-electron chi connectivity index (χ1n) is 12.5. The van der Waals surface area contributed by atoms with Gasteiger partial charge in [0.1, 0.15) is 18.2 Å². The first-order valence-corrected chi connectivity index (χ1v) is 12.5. The topological polar surface area (TPSA) is 73.0 Å². The summed E-state index contributed by atoms with van der Waals surface area (Å²) in [5.74, 6) is -2.18. The number of halogens is 2. The third-order valence-corrected chi connectivity index (χ3v) is 6.46. The molecule has 9 heteroatoms. The van der Waals surface area contributed by atoms with Crippen LogP contribution in [0.5, 0.6) is 0 Å². The van der Waals surface area contributed by atoms with Gasteiger partial charge in [-0.05, 0) is 68.4 Å². The molecule has 0 saturated carbocycles. The van der Waals surface area contributed by atoms with E-state index in [1.54, 1.807) is 43.0 Å². The molecule has 0 unspecified atom stereocenters. The molecule has 1 fully saturated rings. The lowest BCUT2D eigenvalue weighted by Crippen LogP contribution is -2.48. The Hall–Kier alpha value is -4.27. The van der Waals surface area contributed by atoms with E-state index in [1.807, 2.05) is 12.1 Å². The van der Waals surface area contributed by atoms with Gasteiger partial charge in [-0.1, -0.05) is 18.2 Å². The minimum absolute atomic E-state index is 0.0731. The van der Waals surface area contributed by atoms with E-state index in [4.69, 9.17) is 0 Å². The van der Waals surface area contributed by atoms with Gasteiger partial charge in [-0.25, -0.2) is 8.78 Å². The van der Waals surface area contributed by atoms with Crippen LogP contribution in [0.4, 0.5) is 20.2 Å². The van der Waals surface area contributed by atoms with Crippen LogP contribution in [0.1, 0.15) is 34.6 Å². The van der Waals surface area contributed by atoms with E-state index in [0.717, 1.165) is 5.69 Å². The summed E-state index contributed by atoms with van der Waals surface area (Å²) in [6, 6.07) is 18.4. The van der Waals surface area contributed by atoms with Gasteiger partial charge >= 0.3 is 0 Å². The van der Waals surface area contributed by atoms with Gasteiger partial charge in [0.25, 0.3) is 11.8 Å². The third-order valence-electron chi connectivity index (χ3n) is 6.46. The number of rotatable bonds is 7. The van der Waals surface area contributed by atoms with Crippen molar-refractivity contribution in [1.29, 1.82) is 0 Å². The molecule has 4 rings (SSSR count). The molecule has 0 atom stereocenters. The van der Waals surface area contributed by atoms with Crippen LogP contribution in [0.25, 0.3) is 0 Å². The van der Waals surface area contributed by atoms with E-state index in [-0.39, 0.29) is 30.0 Å². The lowest BCUT2D eigenvalue weighted by atomic mass is 10.1. The van der Waals surface area contributed by atoms with Crippen LogP contribution >= 0.6 is 0 Å². The van der Waals surface area contributed by atoms with Crippen molar-refractivity contribution < 1.29 is 23.2 Å². The molecule has 3 aromatic rings. The van der Waals surface area contributed by atoms with Crippen molar-refractivity contribution in [2.24, 2.45) is 0 Å². The Morgan fingerprint density at radius 1 is 0.895 bits per heavy atom. The summed E-state index contributed by atoms with van der Waals surface area (Å²) in [4.78, 5) is 43.4. The Kier molecular flexibility index (Phi) is 8.35. The van der Waals surface area contributed by atoms with Crippen molar-refractivity contribution in [3.63, 3.8) is 0 Å². The Labute approximate surface area is 220 Å². The second-order valence-corrected chi connectivity index (χ2v) is 9.39. The molecule has 0 bridgehead atoms. The maximum Gasteiger partial charge on any atom is 0.257 e. The van der Waals surface area contributed by atoms with Crippen LogP contribution in [0.3, 0.4) is 0 Å². The third kappa shape index (κ3) is 6.34. The van der Waals surface area contributed by atoms with Crippen LogP contribution in [0.15, 0.2) is 72.8 Å². The summed E-state index contributed by atoms with van der Waals surface area (Å²) >= 11 is 0. The van der Waals surface area contributed by atoms with Crippen molar-refractivity contribution in [2.75, 3.05) is 42.9 Å². The van der Waals surface area contributed by atoms with Gasteiger partial charge in [0, 0.05) is 49.2 Å². The van der Waals surface area contributed by atoms with Crippen LogP contribution < -0.4 is 10.2 Å². The minimum Gasteiger partial charge on any atom is -0.368 e. The van der Waals surface area contributed by atoms with Gasteiger partial charge in [0.2, 0.25) is 5.91 Å². The zero-order chi connectivity index (χ0) is 27.2. The predicted octanol–water partition coefficient (Wildman–Crippen LogP) is 4.42. The SMILES string of the molecule is CC(C)N(CC(=O)Nc1ccc(N2CCN(C(=O)c3cccc(F)c3)CC2)cc1)C(=O)c1ccccc1F. The van der Waals surface area contributed by atoms with E-state index in [0.29, 0.717) is 37.4 Å². The number of nitrogens with one attached hydrogen (secondary N) is 1. The maximum atomic E-state index is 14.1. The smallest absolute Gasteiger partial charge is 0.257 e. The van der Waals surface area contributed by atoms with E-state index in [2.05, 4.69) is 10.2 Å². The molecule has 1 aliphatic rings. The zero-order valence-corrected chi connectivity index (χ0v) is 21.4. The average Bonchev–Trinajstić information content (AvgIpc) is 2.91. The number of benzene rings is 3. The maximum absolute atomic E-state index is 14.1. The van der Waals surface area contributed by atoms with E-state index in [1.165, 1.54) is 41.3 Å². The fourth-order valence-electron chi connectivity index (χ4n) is 4.36. The summed E-state index contributed by atoms with van der Waals surface area (Å²) in [5, 5.41) is 2.79. The monoisotopic (exact) mass is 520 g/mol. The van der Waals surface area contributed by atoms with E-state index < -0.39 is 17.5 Å². The van der Waals surface area contributed by atoms with Gasteiger partial charge in [-0.2, -0.15) is 0 Å². The molecule has 38 heavy (non-hydrogen) atoms. The van der Waals surface area contributed by atoms with Crippen molar-refractivity contribution >= 4 is 29.1 Å².